The lowest BCUT2D eigenvalue weighted by molar-refractivity contribution is -0.137. The summed E-state index contributed by atoms with van der Waals surface area (Å²) in [4.78, 5) is 12.2. The fraction of sp³-hybridized carbons (Fsp3) is 0.235. The van der Waals surface area contributed by atoms with Crippen LogP contribution in [0.1, 0.15) is 29.3 Å². The first-order chi connectivity index (χ1) is 10.9. The maximum absolute atomic E-state index is 12.7. The van der Waals surface area contributed by atoms with Crippen LogP contribution in [0, 0.1) is 0 Å². The van der Waals surface area contributed by atoms with Crippen molar-refractivity contribution in [3.63, 3.8) is 0 Å². The van der Waals surface area contributed by atoms with E-state index in [9.17, 15) is 18.0 Å². The van der Waals surface area contributed by atoms with Crippen LogP contribution in [0.25, 0.3) is 0 Å². The minimum atomic E-state index is -4.45. The summed E-state index contributed by atoms with van der Waals surface area (Å²) >= 11 is 0. The second kappa shape index (κ2) is 7.17. The summed E-state index contributed by atoms with van der Waals surface area (Å²) in [5, 5.41) is 2.46. The molecule has 1 amide bonds. The third-order valence-corrected chi connectivity index (χ3v) is 3.02. The van der Waals surface area contributed by atoms with Gasteiger partial charge in [0.05, 0.1) is 12.2 Å². The summed E-state index contributed by atoms with van der Waals surface area (Å²) < 4.78 is 43.4. The third-order valence-electron chi connectivity index (χ3n) is 3.02. The lowest BCUT2D eigenvalue weighted by atomic mass is 10.1. The first-order valence-corrected chi connectivity index (χ1v) is 7.11. The van der Waals surface area contributed by atoms with Crippen molar-refractivity contribution >= 4 is 11.6 Å². The van der Waals surface area contributed by atoms with Crippen LogP contribution in [0.15, 0.2) is 48.5 Å². The van der Waals surface area contributed by atoms with Gasteiger partial charge < -0.3 is 10.1 Å². The molecule has 2 aromatic rings. The van der Waals surface area contributed by atoms with Gasteiger partial charge in [-0.25, -0.2) is 0 Å². The van der Waals surface area contributed by atoms with E-state index >= 15 is 0 Å². The van der Waals surface area contributed by atoms with Gasteiger partial charge in [-0.15, -0.1) is 0 Å². The van der Waals surface area contributed by atoms with Crippen molar-refractivity contribution in [2.45, 2.75) is 19.5 Å². The zero-order chi connectivity index (χ0) is 16.9. The van der Waals surface area contributed by atoms with Crippen LogP contribution in [-0.2, 0) is 6.18 Å². The highest BCUT2D eigenvalue weighted by atomic mass is 19.4. The van der Waals surface area contributed by atoms with Crippen LogP contribution >= 0.6 is 0 Å². The van der Waals surface area contributed by atoms with Crippen molar-refractivity contribution in [2.24, 2.45) is 0 Å². The molecule has 1 N–H and O–H groups in total. The molecule has 23 heavy (non-hydrogen) atoms. The predicted molar refractivity (Wildman–Crippen MR) is 81.6 cm³/mol. The van der Waals surface area contributed by atoms with Crippen molar-refractivity contribution in [2.75, 3.05) is 11.9 Å². The molecule has 2 aromatic carbocycles. The van der Waals surface area contributed by atoms with Gasteiger partial charge in [-0.2, -0.15) is 13.2 Å². The number of amides is 1. The zero-order valence-corrected chi connectivity index (χ0v) is 12.5. The smallest absolute Gasteiger partial charge is 0.416 e. The number of nitrogens with one attached hydrogen (secondary N) is 1. The molecular weight excluding hydrogens is 307 g/mol. The maximum Gasteiger partial charge on any atom is 0.416 e. The maximum atomic E-state index is 12.7. The Morgan fingerprint density at radius 1 is 1.13 bits per heavy atom. The van der Waals surface area contributed by atoms with Gasteiger partial charge in [0.25, 0.3) is 5.91 Å². The fourth-order valence-corrected chi connectivity index (χ4v) is 1.92. The molecule has 0 aliphatic carbocycles. The zero-order valence-electron chi connectivity index (χ0n) is 12.5. The van der Waals surface area contributed by atoms with Crippen LogP contribution in [0.5, 0.6) is 5.75 Å². The second-order valence-corrected chi connectivity index (χ2v) is 4.91. The molecule has 0 radical (unpaired) electrons. The number of carbonyl (C=O) groups excluding carboxylic acids is 1. The van der Waals surface area contributed by atoms with E-state index in [4.69, 9.17) is 4.74 Å². The molecule has 0 saturated heterocycles. The Hall–Kier alpha value is -2.50. The average Bonchev–Trinajstić information content (AvgIpc) is 2.52. The number of benzene rings is 2. The molecular formula is C17H16F3NO2. The Labute approximate surface area is 132 Å². The molecule has 6 heteroatoms. The molecule has 0 fully saturated rings. The van der Waals surface area contributed by atoms with Crippen LogP contribution in [-0.4, -0.2) is 12.5 Å². The highest BCUT2D eigenvalue weighted by Crippen LogP contribution is 2.30. The molecule has 3 nitrogen and oxygen atoms in total. The van der Waals surface area contributed by atoms with Gasteiger partial charge in [-0.3, -0.25) is 4.79 Å². The minimum Gasteiger partial charge on any atom is -0.494 e. The Balaban J connectivity index is 2.13. The highest BCUT2D eigenvalue weighted by molar-refractivity contribution is 6.04. The van der Waals surface area contributed by atoms with E-state index in [1.807, 2.05) is 6.92 Å². The van der Waals surface area contributed by atoms with Crippen molar-refractivity contribution in [1.82, 2.24) is 0 Å². The van der Waals surface area contributed by atoms with Gasteiger partial charge in [-0.1, -0.05) is 19.1 Å². The number of alkyl halides is 3. The molecule has 0 spiro atoms. The number of hydrogen-bond acceptors (Lipinski definition) is 2. The monoisotopic (exact) mass is 323 g/mol. The molecule has 0 heterocycles. The van der Waals surface area contributed by atoms with Crippen molar-refractivity contribution in [3.05, 3.63) is 59.7 Å². The van der Waals surface area contributed by atoms with E-state index < -0.39 is 17.6 Å². The average molecular weight is 323 g/mol. The molecule has 2 rings (SSSR count). The van der Waals surface area contributed by atoms with Crippen LogP contribution in [0.2, 0.25) is 0 Å². The number of halogens is 3. The van der Waals surface area contributed by atoms with E-state index in [1.54, 1.807) is 24.3 Å². The van der Waals surface area contributed by atoms with E-state index in [2.05, 4.69) is 5.32 Å². The normalized spacial score (nSPS) is 11.1. The first kappa shape index (κ1) is 16.9. The van der Waals surface area contributed by atoms with Gasteiger partial charge in [0.1, 0.15) is 5.75 Å². The van der Waals surface area contributed by atoms with Gasteiger partial charge in [-0.05, 0) is 42.8 Å². The first-order valence-electron chi connectivity index (χ1n) is 7.11. The minimum absolute atomic E-state index is 0.0877. The summed E-state index contributed by atoms with van der Waals surface area (Å²) in [7, 11) is 0. The molecule has 0 saturated carbocycles. The standard InChI is InChI=1S/C17H16F3NO2/c1-2-9-23-15-8-3-5-12(10-15)16(22)21-14-7-4-6-13(11-14)17(18,19)20/h3-8,10-11H,2,9H2,1H3,(H,21,22). The quantitative estimate of drug-likeness (QED) is 0.862. The molecule has 122 valence electrons. The van der Waals surface area contributed by atoms with Gasteiger partial charge in [0.15, 0.2) is 0 Å². The van der Waals surface area contributed by atoms with Gasteiger partial charge in [0.2, 0.25) is 0 Å². The Morgan fingerprint density at radius 3 is 2.57 bits per heavy atom. The molecule has 0 bridgehead atoms. The molecule has 0 aromatic heterocycles. The third kappa shape index (κ3) is 4.74. The lowest BCUT2D eigenvalue weighted by Crippen LogP contribution is -2.13. The fourth-order valence-electron chi connectivity index (χ4n) is 1.92. The summed E-state index contributed by atoms with van der Waals surface area (Å²) in [5.41, 5.74) is -0.406. The number of rotatable bonds is 5. The van der Waals surface area contributed by atoms with E-state index in [-0.39, 0.29) is 5.69 Å². The van der Waals surface area contributed by atoms with E-state index in [0.29, 0.717) is 17.9 Å². The number of anilines is 1. The summed E-state index contributed by atoms with van der Waals surface area (Å²) in [6, 6.07) is 11.0. The SMILES string of the molecule is CCCOc1cccc(C(=O)Nc2cccc(C(F)(F)F)c2)c1. The van der Waals surface area contributed by atoms with Crippen LogP contribution in [0.3, 0.4) is 0 Å². The van der Waals surface area contributed by atoms with Crippen molar-refractivity contribution in [1.29, 1.82) is 0 Å². The van der Waals surface area contributed by atoms with Crippen molar-refractivity contribution < 1.29 is 22.7 Å². The van der Waals surface area contributed by atoms with Gasteiger partial charge >= 0.3 is 6.18 Å². The van der Waals surface area contributed by atoms with Crippen LogP contribution < -0.4 is 10.1 Å². The van der Waals surface area contributed by atoms with E-state index in [1.165, 1.54) is 12.1 Å². The summed E-state index contributed by atoms with van der Waals surface area (Å²) in [6.07, 6.45) is -3.62. The highest BCUT2D eigenvalue weighted by Gasteiger charge is 2.30. The second-order valence-electron chi connectivity index (χ2n) is 4.91. The largest absolute Gasteiger partial charge is 0.494 e. The lowest BCUT2D eigenvalue weighted by Gasteiger charge is -2.10. The Bertz CT molecular complexity index is 684. The number of carbonyl (C=O) groups is 1. The summed E-state index contributed by atoms with van der Waals surface area (Å²) in [5.74, 6) is 0.0508. The molecule has 0 unspecified atom stereocenters. The number of ether oxygens (including phenoxy) is 1. The van der Waals surface area contributed by atoms with Crippen molar-refractivity contribution in [3.8, 4) is 5.75 Å². The molecule has 0 aliphatic heterocycles. The molecule has 0 atom stereocenters. The predicted octanol–water partition coefficient (Wildman–Crippen LogP) is 4.75. The Kier molecular flexibility index (Phi) is 5.26. The topological polar surface area (TPSA) is 38.3 Å². The van der Waals surface area contributed by atoms with Crippen LogP contribution in [0.4, 0.5) is 18.9 Å². The van der Waals surface area contributed by atoms with Gasteiger partial charge in [0, 0.05) is 11.3 Å². The molecule has 0 aliphatic rings. The number of hydrogen-bond donors (Lipinski definition) is 1. The summed E-state index contributed by atoms with van der Waals surface area (Å²) in [6.45, 7) is 2.49. The Morgan fingerprint density at radius 2 is 1.87 bits per heavy atom. The van der Waals surface area contributed by atoms with E-state index in [0.717, 1.165) is 18.6 Å².